The number of nitrogens with zero attached hydrogens (tertiary/aromatic N) is 2. The van der Waals surface area contributed by atoms with E-state index in [4.69, 9.17) is 5.73 Å². The molecule has 0 saturated carbocycles. The summed E-state index contributed by atoms with van der Waals surface area (Å²) in [4.78, 5) is 8.35. The van der Waals surface area contributed by atoms with Crippen molar-refractivity contribution in [2.75, 3.05) is 5.73 Å². The predicted molar refractivity (Wildman–Crippen MR) is 56.7 cm³/mol. The third-order valence-corrected chi connectivity index (χ3v) is 2.74. The molecule has 0 aliphatic heterocycles. The topological polar surface area (TPSA) is 51.8 Å². The fraction of sp³-hybridized carbons (Fsp3) is 0. The zero-order valence-corrected chi connectivity index (χ0v) is 8.32. The Morgan fingerprint density at radius 3 is 2.75 bits per heavy atom. The molecule has 1 aromatic heterocycles. The minimum absolute atomic E-state index is 0.753. The van der Waals surface area contributed by atoms with Gasteiger partial charge in [0.25, 0.3) is 0 Å². The molecule has 1 aromatic carbocycles. The molecule has 1 heterocycles. The van der Waals surface area contributed by atoms with Crippen LogP contribution in [0.4, 0.5) is 5.69 Å². The Balaban J connectivity index is 2.91. The fourth-order valence-electron chi connectivity index (χ4n) is 1.02. The Kier molecular flexibility index (Phi) is 1.84. The van der Waals surface area contributed by atoms with E-state index in [1.54, 1.807) is 12.4 Å². The van der Waals surface area contributed by atoms with Crippen LogP contribution in [0.3, 0.4) is 0 Å². The summed E-state index contributed by atoms with van der Waals surface area (Å²) in [6.07, 6.45) is 3.35. The van der Waals surface area contributed by atoms with E-state index in [1.165, 1.54) is 0 Å². The Bertz CT molecular complexity index is 428. The van der Waals surface area contributed by atoms with Gasteiger partial charge >= 0.3 is 0 Å². The number of hydrogen-bond donors (Lipinski definition) is 1. The molecule has 0 aliphatic carbocycles. The second-order valence-electron chi connectivity index (χ2n) is 2.39. The Morgan fingerprint density at radius 2 is 1.92 bits per heavy atom. The van der Waals surface area contributed by atoms with Crippen LogP contribution in [-0.2, 0) is 0 Å². The van der Waals surface area contributed by atoms with E-state index in [-0.39, 0.29) is 0 Å². The van der Waals surface area contributed by atoms with Crippen LogP contribution in [-0.4, -0.2) is 9.97 Å². The van der Waals surface area contributed by atoms with Gasteiger partial charge in [-0.05, 0) is 34.7 Å². The monoisotopic (exact) mass is 271 g/mol. The molecule has 0 saturated heterocycles. The maximum absolute atomic E-state index is 5.71. The molecule has 0 unspecified atom stereocenters. The smallest absolute Gasteiger partial charge is 0.104 e. The van der Waals surface area contributed by atoms with Crippen LogP contribution in [0.25, 0.3) is 11.0 Å². The van der Waals surface area contributed by atoms with Crippen molar-refractivity contribution in [3.8, 4) is 0 Å². The molecule has 2 N–H and O–H groups in total. The van der Waals surface area contributed by atoms with Crippen molar-refractivity contribution in [2.24, 2.45) is 0 Å². The van der Waals surface area contributed by atoms with E-state index >= 15 is 0 Å². The second kappa shape index (κ2) is 2.85. The Labute approximate surface area is 83.2 Å². The van der Waals surface area contributed by atoms with Gasteiger partial charge in [0.1, 0.15) is 5.52 Å². The largest absolute Gasteiger partial charge is 0.398 e. The number of benzene rings is 1. The first-order valence-electron chi connectivity index (χ1n) is 3.44. The summed E-state index contributed by atoms with van der Waals surface area (Å²) in [6.45, 7) is 0. The van der Waals surface area contributed by atoms with E-state index in [2.05, 4.69) is 32.6 Å². The molecule has 12 heavy (non-hydrogen) atoms. The highest BCUT2D eigenvalue weighted by Crippen LogP contribution is 2.21. The maximum atomic E-state index is 5.71. The van der Waals surface area contributed by atoms with E-state index in [0.29, 0.717) is 0 Å². The summed E-state index contributed by atoms with van der Waals surface area (Å²) < 4.78 is 0.971. The lowest BCUT2D eigenvalue weighted by atomic mass is 10.3. The standard InChI is InChI=1S/C8H6IN3/c9-7-5(10)1-2-6-8(7)12-4-3-11-6/h1-4H,10H2. The Morgan fingerprint density at radius 1 is 1.17 bits per heavy atom. The lowest BCUT2D eigenvalue weighted by Gasteiger charge is -2.00. The molecule has 0 spiro atoms. The number of hydrogen-bond acceptors (Lipinski definition) is 3. The molecule has 0 atom stereocenters. The van der Waals surface area contributed by atoms with Crippen LogP contribution in [0, 0.1) is 3.57 Å². The number of fused-ring (bicyclic) bond motifs is 1. The summed E-state index contributed by atoms with van der Waals surface area (Å²) in [6, 6.07) is 3.72. The SMILES string of the molecule is Nc1ccc2nccnc2c1I. The zero-order valence-electron chi connectivity index (χ0n) is 6.16. The summed E-state index contributed by atoms with van der Waals surface area (Å²) in [5.74, 6) is 0. The van der Waals surface area contributed by atoms with Gasteiger partial charge in [0, 0.05) is 18.1 Å². The highest BCUT2D eigenvalue weighted by molar-refractivity contribution is 14.1. The predicted octanol–water partition coefficient (Wildman–Crippen LogP) is 1.82. The van der Waals surface area contributed by atoms with Gasteiger partial charge in [0.2, 0.25) is 0 Å². The van der Waals surface area contributed by atoms with Crippen molar-refractivity contribution >= 4 is 39.3 Å². The van der Waals surface area contributed by atoms with Crippen LogP contribution >= 0.6 is 22.6 Å². The molecular formula is C8H6IN3. The van der Waals surface area contributed by atoms with Crippen molar-refractivity contribution in [2.45, 2.75) is 0 Å². The van der Waals surface area contributed by atoms with Gasteiger partial charge in [-0.25, -0.2) is 0 Å². The van der Waals surface area contributed by atoms with Crippen LogP contribution in [0.15, 0.2) is 24.5 Å². The highest BCUT2D eigenvalue weighted by atomic mass is 127. The number of nitrogens with two attached hydrogens (primary N) is 1. The van der Waals surface area contributed by atoms with E-state index in [9.17, 15) is 0 Å². The lowest BCUT2D eigenvalue weighted by molar-refractivity contribution is 1.29. The maximum Gasteiger partial charge on any atom is 0.104 e. The van der Waals surface area contributed by atoms with Crippen LogP contribution < -0.4 is 5.73 Å². The van der Waals surface area contributed by atoms with Gasteiger partial charge in [-0.1, -0.05) is 0 Å². The van der Waals surface area contributed by atoms with Gasteiger partial charge in [-0.3, -0.25) is 9.97 Å². The van der Waals surface area contributed by atoms with Crippen molar-refractivity contribution < 1.29 is 0 Å². The number of nitrogen functional groups attached to an aromatic ring is 1. The summed E-state index contributed by atoms with van der Waals surface area (Å²) in [7, 11) is 0. The molecule has 4 heteroatoms. The van der Waals surface area contributed by atoms with Crippen LogP contribution in [0.1, 0.15) is 0 Å². The van der Waals surface area contributed by atoms with Gasteiger partial charge < -0.3 is 5.73 Å². The first-order chi connectivity index (χ1) is 5.79. The number of rotatable bonds is 0. The average molecular weight is 271 g/mol. The fourth-order valence-corrected chi connectivity index (χ4v) is 1.61. The van der Waals surface area contributed by atoms with Crippen molar-refractivity contribution in [1.29, 1.82) is 0 Å². The highest BCUT2D eigenvalue weighted by Gasteiger charge is 2.02. The molecule has 0 amide bonds. The van der Waals surface area contributed by atoms with Gasteiger partial charge in [0.05, 0.1) is 9.09 Å². The number of halogens is 1. The lowest BCUT2D eigenvalue weighted by Crippen LogP contribution is -1.92. The molecule has 0 fully saturated rings. The number of anilines is 1. The summed E-state index contributed by atoms with van der Waals surface area (Å²) in [5, 5.41) is 0. The van der Waals surface area contributed by atoms with E-state index in [1.807, 2.05) is 12.1 Å². The molecule has 60 valence electrons. The quantitative estimate of drug-likeness (QED) is 0.587. The molecule has 2 rings (SSSR count). The molecular weight excluding hydrogens is 265 g/mol. The van der Waals surface area contributed by atoms with Gasteiger partial charge in [-0.15, -0.1) is 0 Å². The molecule has 3 nitrogen and oxygen atoms in total. The zero-order chi connectivity index (χ0) is 8.55. The van der Waals surface area contributed by atoms with Crippen molar-refractivity contribution in [3.05, 3.63) is 28.1 Å². The first-order valence-corrected chi connectivity index (χ1v) is 4.51. The van der Waals surface area contributed by atoms with Crippen molar-refractivity contribution in [3.63, 3.8) is 0 Å². The minimum atomic E-state index is 0.753. The minimum Gasteiger partial charge on any atom is -0.398 e. The van der Waals surface area contributed by atoms with Crippen LogP contribution in [0.5, 0.6) is 0 Å². The summed E-state index contributed by atoms with van der Waals surface area (Å²) >= 11 is 2.18. The second-order valence-corrected chi connectivity index (χ2v) is 3.47. The molecule has 0 radical (unpaired) electrons. The molecule has 0 bridgehead atoms. The van der Waals surface area contributed by atoms with Crippen LogP contribution in [0.2, 0.25) is 0 Å². The van der Waals surface area contributed by atoms with Crippen molar-refractivity contribution in [1.82, 2.24) is 9.97 Å². The average Bonchev–Trinajstić information content (AvgIpc) is 2.12. The third-order valence-electron chi connectivity index (χ3n) is 1.61. The van der Waals surface area contributed by atoms with Gasteiger partial charge in [-0.2, -0.15) is 0 Å². The third kappa shape index (κ3) is 1.12. The normalized spacial score (nSPS) is 10.4. The molecule has 2 aromatic rings. The van der Waals surface area contributed by atoms with Gasteiger partial charge in [0.15, 0.2) is 0 Å². The number of aromatic nitrogens is 2. The molecule has 0 aliphatic rings. The Hall–Kier alpha value is -0.910. The summed E-state index contributed by atoms with van der Waals surface area (Å²) in [5.41, 5.74) is 8.22. The van der Waals surface area contributed by atoms with E-state index < -0.39 is 0 Å². The van der Waals surface area contributed by atoms with E-state index in [0.717, 1.165) is 20.3 Å². The first kappa shape index (κ1) is 7.72.